The topological polar surface area (TPSA) is 99.5 Å². The van der Waals surface area contributed by atoms with Crippen LogP contribution in [0.25, 0.3) is 0 Å². The number of halogens is 10. The lowest BCUT2D eigenvalue weighted by molar-refractivity contribution is -0.392. The third kappa shape index (κ3) is 6.78. The van der Waals surface area contributed by atoms with Crippen LogP contribution in [0.4, 0.5) is 39.5 Å². The number of ether oxygens (including phenoxy) is 1. The standard InChI is InChI=1S/C33H28F9N3O4S.ClH/c34-23-8-10-24(11-9-23)50(47,48)30(14-17-45(20-30)28(46)29(19-43)12-15-44-16-13-29)21-4-6-22(7-5-21)31(32(37,38)39,33(40,41)42)49-18-25-26(35)2-1-3-27(25)36;/h1-11,44H,12-18,20H2;1H. The van der Waals surface area contributed by atoms with Gasteiger partial charge in [-0.05, 0) is 74.3 Å². The fraction of sp³-hybridized carbons (Fsp3) is 0.394. The number of alkyl halides is 6. The smallest absolute Gasteiger partial charge is 0.349 e. The largest absolute Gasteiger partial charge is 0.430 e. The molecule has 2 aliphatic rings. The fourth-order valence-corrected chi connectivity index (χ4v) is 8.61. The van der Waals surface area contributed by atoms with E-state index >= 15 is 0 Å². The second-order valence-electron chi connectivity index (χ2n) is 12.1. The maximum absolute atomic E-state index is 14.5. The number of rotatable bonds is 8. The number of benzene rings is 3. The third-order valence-corrected chi connectivity index (χ3v) is 11.8. The number of piperidine rings is 1. The summed E-state index contributed by atoms with van der Waals surface area (Å²) >= 11 is 0. The molecule has 0 spiro atoms. The Hall–Kier alpha value is -3.85. The Labute approximate surface area is 292 Å². The van der Waals surface area contributed by atoms with E-state index in [0.29, 0.717) is 49.5 Å². The Bertz CT molecular complexity index is 1860. The van der Waals surface area contributed by atoms with E-state index in [2.05, 4.69) is 10.1 Å². The van der Waals surface area contributed by atoms with E-state index in [9.17, 15) is 58.0 Å². The normalized spacial score (nSPS) is 19.6. The first-order valence-electron chi connectivity index (χ1n) is 15.1. The molecular weight excluding hydrogens is 741 g/mol. The van der Waals surface area contributed by atoms with E-state index in [-0.39, 0.29) is 43.8 Å². The number of nitrogens with one attached hydrogen (secondary N) is 1. The molecule has 0 radical (unpaired) electrons. The van der Waals surface area contributed by atoms with Gasteiger partial charge in [0.2, 0.25) is 5.91 Å². The molecule has 0 bridgehead atoms. The van der Waals surface area contributed by atoms with Gasteiger partial charge in [0.25, 0.3) is 5.60 Å². The van der Waals surface area contributed by atoms with Gasteiger partial charge in [-0.1, -0.05) is 30.3 Å². The van der Waals surface area contributed by atoms with Crippen LogP contribution in [-0.4, -0.2) is 57.8 Å². The van der Waals surface area contributed by atoms with Crippen molar-refractivity contribution < 1.29 is 57.5 Å². The molecule has 1 atom stereocenters. The predicted molar refractivity (Wildman–Crippen MR) is 165 cm³/mol. The number of nitrogens with zero attached hydrogens (tertiary/aromatic N) is 2. The van der Waals surface area contributed by atoms with Crippen LogP contribution in [-0.2, 0) is 36.3 Å². The molecule has 5 rings (SSSR count). The van der Waals surface area contributed by atoms with Crippen molar-refractivity contribution in [1.82, 2.24) is 10.2 Å². The zero-order valence-electron chi connectivity index (χ0n) is 26.3. The Morgan fingerprint density at radius 3 is 1.92 bits per heavy atom. The quantitative estimate of drug-likeness (QED) is 0.199. The second-order valence-corrected chi connectivity index (χ2v) is 14.4. The molecule has 2 fully saturated rings. The van der Waals surface area contributed by atoms with E-state index in [0.717, 1.165) is 35.2 Å². The number of nitriles is 1. The lowest BCUT2D eigenvalue weighted by Gasteiger charge is -2.38. The molecule has 2 aliphatic heterocycles. The van der Waals surface area contributed by atoms with Gasteiger partial charge in [-0.2, -0.15) is 31.6 Å². The second kappa shape index (κ2) is 14.3. The van der Waals surface area contributed by atoms with Crippen LogP contribution < -0.4 is 5.32 Å². The molecule has 3 aromatic rings. The number of hydrogen-bond acceptors (Lipinski definition) is 6. The van der Waals surface area contributed by atoms with Crippen LogP contribution in [0, 0.1) is 34.2 Å². The maximum atomic E-state index is 14.5. The Morgan fingerprint density at radius 2 is 1.41 bits per heavy atom. The number of likely N-dealkylation sites (tertiary alicyclic amines) is 1. The molecular formula is C33H29ClF9N3O4S. The highest BCUT2D eigenvalue weighted by molar-refractivity contribution is 7.92. The van der Waals surface area contributed by atoms with Crippen molar-refractivity contribution in [2.45, 2.75) is 53.5 Å². The van der Waals surface area contributed by atoms with Crippen LogP contribution in [0.1, 0.15) is 36.0 Å². The van der Waals surface area contributed by atoms with Crippen LogP contribution in [0.15, 0.2) is 71.6 Å². The summed E-state index contributed by atoms with van der Waals surface area (Å²) in [7, 11) is -4.67. The van der Waals surface area contributed by atoms with E-state index < -0.39 is 90.5 Å². The minimum absolute atomic E-state index is 0. The molecule has 18 heteroatoms. The molecule has 0 aromatic heterocycles. The zero-order valence-corrected chi connectivity index (χ0v) is 27.9. The first-order chi connectivity index (χ1) is 23.3. The van der Waals surface area contributed by atoms with Crippen molar-refractivity contribution in [3.8, 4) is 6.07 Å². The number of carbonyl (C=O) groups is 1. The zero-order chi connectivity index (χ0) is 36.8. The first-order valence-corrected chi connectivity index (χ1v) is 16.6. The molecule has 2 heterocycles. The summed E-state index contributed by atoms with van der Waals surface area (Å²) in [4.78, 5) is 14.4. The van der Waals surface area contributed by atoms with Crippen LogP contribution in [0.5, 0.6) is 0 Å². The van der Waals surface area contributed by atoms with Crippen LogP contribution >= 0.6 is 12.4 Å². The number of hydrogen-bond donors (Lipinski definition) is 1. The Balaban J connectivity index is 0.00000583. The van der Waals surface area contributed by atoms with Crippen molar-refractivity contribution in [2.75, 3.05) is 26.2 Å². The van der Waals surface area contributed by atoms with Crippen LogP contribution in [0.2, 0.25) is 0 Å². The van der Waals surface area contributed by atoms with Gasteiger partial charge in [-0.15, -0.1) is 12.4 Å². The van der Waals surface area contributed by atoms with Gasteiger partial charge in [-0.25, -0.2) is 21.6 Å². The molecule has 0 aliphatic carbocycles. The summed E-state index contributed by atoms with van der Waals surface area (Å²) in [6.45, 7) is -2.02. The molecule has 3 aromatic carbocycles. The fourth-order valence-electron chi connectivity index (χ4n) is 6.53. The Morgan fingerprint density at radius 1 is 0.863 bits per heavy atom. The maximum Gasteiger partial charge on any atom is 0.430 e. The average molecular weight is 770 g/mol. The number of carbonyl (C=O) groups excluding carboxylic acids is 1. The van der Waals surface area contributed by atoms with Gasteiger partial charge in [0.1, 0.15) is 27.6 Å². The van der Waals surface area contributed by atoms with E-state index in [4.69, 9.17) is 0 Å². The Kier molecular flexibility index (Phi) is 11.2. The molecule has 1 amide bonds. The van der Waals surface area contributed by atoms with E-state index in [1.165, 1.54) is 0 Å². The average Bonchev–Trinajstić information content (AvgIpc) is 3.53. The lowest BCUT2D eigenvalue weighted by atomic mass is 9.79. The summed E-state index contributed by atoms with van der Waals surface area (Å²) in [5.41, 5.74) is -9.70. The van der Waals surface area contributed by atoms with Gasteiger partial charge in [-0.3, -0.25) is 4.79 Å². The first kappa shape index (κ1) is 39.9. The monoisotopic (exact) mass is 769 g/mol. The van der Waals surface area contributed by atoms with Crippen molar-refractivity contribution in [3.05, 3.63) is 101 Å². The molecule has 1 N–H and O–H groups in total. The molecule has 0 saturated carbocycles. The lowest BCUT2D eigenvalue weighted by Crippen LogP contribution is -2.56. The summed E-state index contributed by atoms with van der Waals surface area (Å²) in [5, 5.41) is 13.0. The SMILES string of the molecule is Cl.N#CC1(C(=O)N2CCC(c3ccc(C(OCc4c(F)cccc4F)(C(F)(F)F)C(F)(F)F)cc3)(S(=O)(=O)c3ccc(F)cc3)C2)CCNCC1. The summed E-state index contributed by atoms with van der Waals surface area (Å²) < 4.78 is 160. The van der Waals surface area contributed by atoms with Gasteiger partial charge in [0.15, 0.2) is 9.84 Å². The van der Waals surface area contributed by atoms with Crippen molar-refractivity contribution >= 4 is 28.2 Å². The summed E-state index contributed by atoms with van der Waals surface area (Å²) in [6, 6.07) is 9.82. The third-order valence-electron chi connectivity index (χ3n) is 9.35. The predicted octanol–water partition coefficient (Wildman–Crippen LogP) is 6.86. The molecule has 51 heavy (non-hydrogen) atoms. The minimum Gasteiger partial charge on any atom is -0.349 e. The van der Waals surface area contributed by atoms with Crippen molar-refractivity contribution in [1.29, 1.82) is 5.26 Å². The number of sulfone groups is 1. The van der Waals surface area contributed by atoms with Gasteiger partial charge >= 0.3 is 12.4 Å². The highest BCUT2D eigenvalue weighted by Gasteiger charge is 2.73. The molecule has 1 unspecified atom stereocenters. The van der Waals surface area contributed by atoms with E-state index in [1.54, 1.807) is 0 Å². The van der Waals surface area contributed by atoms with Gasteiger partial charge in [0.05, 0.1) is 17.6 Å². The highest BCUT2D eigenvalue weighted by atomic mass is 35.5. The van der Waals surface area contributed by atoms with Crippen LogP contribution in [0.3, 0.4) is 0 Å². The number of amides is 1. The molecule has 276 valence electrons. The molecule has 7 nitrogen and oxygen atoms in total. The minimum atomic E-state index is -6.25. The van der Waals surface area contributed by atoms with Crippen molar-refractivity contribution in [2.24, 2.45) is 5.41 Å². The van der Waals surface area contributed by atoms with E-state index in [1.807, 2.05) is 6.07 Å². The highest BCUT2D eigenvalue weighted by Crippen LogP contribution is 2.54. The van der Waals surface area contributed by atoms with Gasteiger partial charge < -0.3 is 15.0 Å². The molecule has 2 saturated heterocycles. The van der Waals surface area contributed by atoms with Gasteiger partial charge in [0, 0.05) is 24.2 Å². The summed E-state index contributed by atoms with van der Waals surface area (Å²) in [5.74, 6) is -4.38. The summed E-state index contributed by atoms with van der Waals surface area (Å²) in [6.07, 6.45) is -12.7. The van der Waals surface area contributed by atoms with Crippen molar-refractivity contribution in [3.63, 3.8) is 0 Å².